The van der Waals surface area contributed by atoms with Crippen LogP contribution in [0.15, 0.2) is 18.3 Å². The number of carbonyl (C=O) groups is 1. The van der Waals surface area contributed by atoms with E-state index in [2.05, 4.69) is 16.8 Å². The monoisotopic (exact) mass is 252 g/mol. The lowest BCUT2D eigenvalue weighted by Gasteiger charge is -2.29. The molecule has 0 aromatic carbocycles. The molecule has 1 atom stereocenters. The molecule has 1 unspecified atom stereocenters. The van der Waals surface area contributed by atoms with Gasteiger partial charge in [0.05, 0.1) is 19.3 Å². The molecular formula is C13H20N2O3. The maximum atomic E-state index is 10.6. The first-order valence-corrected chi connectivity index (χ1v) is 5.88. The predicted octanol–water partition coefficient (Wildman–Crippen LogP) is 1.38. The Hall–Kier alpha value is -1.46. The number of methoxy groups -OCH3 is 2. The number of hydrogen-bond acceptors (Lipinski definition) is 5. The quantitative estimate of drug-likeness (QED) is 0.654. The highest BCUT2D eigenvalue weighted by Crippen LogP contribution is 2.14. The van der Waals surface area contributed by atoms with E-state index in [1.807, 2.05) is 6.07 Å². The fraction of sp³-hybridized carbons (Fsp3) is 0.538. The van der Waals surface area contributed by atoms with Crippen molar-refractivity contribution in [3.8, 4) is 0 Å². The van der Waals surface area contributed by atoms with Crippen molar-refractivity contribution >= 4 is 12.1 Å². The summed E-state index contributed by atoms with van der Waals surface area (Å²) in [5.74, 6) is 0.821. The van der Waals surface area contributed by atoms with E-state index in [4.69, 9.17) is 9.47 Å². The van der Waals surface area contributed by atoms with Crippen LogP contribution in [-0.4, -0.2) is 51.3 Å². The highest BCUT2D eigenvalue weighted by atomic mass is 16.5. The summed E-state index contributed by atoms with van der Waals surface area (Å²) in [5, 5.41) is 0. The van der Waals surface area contributed by atoms with Crippen LogP contribution in [0.4, 0.5) is 5.82 Å². The molecule has 18 heavy (non-hydrogen) atoms. The van der Waals surface area contributed by atoms with Crippen LogP contribution in [0, 0.1) is 0 Å². The van der Waals surface area contributed by atoms with Crippen LogP contribution in [-0.2, 0) is 9.47 Å². The zero-order valence-electron chi connectivity index (χ0n) is 11.1. The van der Waals surface area contributed by atoms with E-state index >= 15 is 0 Å². The number of rotatable bonds is 8. The smallest absolute Gasteiger partial charge is 0.151 e. The summed E-state index contributed by atoms with van der Waals surface area (Å²) >= 11 is 0. The zero-order chi connectivity index (χ0) is 13.4. The van der Waals surface area contributed by atoms with Crippen molar-refractivity contribution in [2.75, 3.05) is 38.9 Å². The molecule has 0 radical (unpaired) electrons. The van der Waals surface area contributed by atoms with Crippen molar-refractivity contribution in [1.29, 1.82) is 0 Å². The number of carbonyl (C=O) groups excluding carboxylic acids is 1. The average molecular weight is 252 g/mol. The Morgan fingerprint density at radius 3 is 2.67 bits per heavy atom. The second-order valence-corrected chi connectivity index (χ2v) is 4.06. The van der Waals surface area contributed by atoms with Crippen molar-refractivity contribution in [2.24, 2.45) is 0 Å². The number of ether oxygens (including phenoxy) is 2. The molecule has 0 bridgehead atoms. The van der Waals surface area contributed by atoms with E-state index in [0.29, 0.717) is 18.8 Å². The summed E-state index contributed by atoms with van der Waals surface area (Å²) in [4.78, 5) is 17.0. The maximum absolute atomic E-state index is 10.6. The van der Waals surface area contributed by atoms with Gasteiger partial charge in [0.2, 0.25) is 0 Å². The Balaban J connectivity index is 2.82. The topological polar surface area (TPSA) is 51.7 Å². The van der Waals surface area contributed by atoms with Gasteiger partial charge in [-0.05, 0) is 19.1 Å². The van der Waals surface area contributed by atoms with Gasteiger partial charge in [0.25, 0.3) is 0 Å². The first-order valence-electron chi connectivity index (χ1n) is 5.88. The third kappa shape index (κ3) is 4.09. The number of pyridine rings is 1. The number of hydrogen-bond donors (Lipinski definition) is 0. The van der Waals surface area contributed by atoms with Gasteiger partial charge in [-0.2, -0.15) is 0 Å². The van der Waals surface area contributed by atoms with Crippen LogP contribution in [0.1, 0.15) is 17.3 Å². The van der Waals surface area contributed by atoms with E-state index in [0.717, 1.165) is 18.6 Å². The summed E-state index contributed by atoms with van der Waals surface area (Å²) in [6.45, 7) is 4.02. The largest absolute Gasteiger partial charge is 0.383 e. The van der Waals surface area contributed by atoms with Gasteiger partial charge in [-0.15, -0.1) is 0 Å². The van der Waals surface area contributed by atoms with Crippen molar-refractivity contribution in [1.82, 2.24) is 4.98 Å². The van der Waals surface area contributed by atoms with Crippen molar-refractivity contribution in [2.45, 2.75) is 13.0 Å². The Morgan fingerprint density at radius 2 is 2.17 bits per heavy atom. The number of aromatic nitrogens is 1. The van der Waals surface area contributed by atoms with E-state index < -0.39 is 0 Å². The molecule has 1 rings (SSSR count). The van der Waals surface area contributed by atoms with Gasteiger partial charge in [-0.1, -0.05) is 0 Å². The molecule has 0 aliphatic rings. The van der Waals surface area contributed by atoms with Gasteiger partial charge in [-0.3, -0.25) is 4.79 Å². The minimum atomic E-state index is 0.194. The van der Waals surface area contributed by atoms with Gasteiger partial charge in [0.1, 0.15) is 5.82 Å². The summed E-state index contributed by atoms with van der Waals surface area (Å²) in [6.07, 6.45) is 2.36. The van der Waals surface area contributed by atoms with Gasteiger partial charge in [0.15, 0.2) is 6.29 Å². The third-order valence-corrected chi connectivity index (χ3v) is 2.68. The van der Waals surface area contributed by atoms with Gasteiger partial charge < -0.3 is 14.4 Å². The molecule has 5 nitrogen and oxygen atoms in total. The Labute approximate surface area is 108 Å². The first kappa shape index (κ1) is 14.6. The molecule has 0 amide bonds. The standard InChI is InChI=1S/C13H20N2O3/c1-11(10-18-3)15(6-7-17-2)13-5-4-12(9-16)8-14-13/h4-5,8-9,11H,6-7,10H2,1-3H3. The minimum absolute atomic E-state index is 0.194. The van der Waals surface area contributed by atoms with Crippen LogP contribution in [0.2, 0.25) is 0 Å². The zero-order valence-corrected chi connectivity index (χ0v) is 11.1. The molecule has 0 fully saturated rings. The molecule has 0 saturated carbocycles. The number of nitrogens with zero attached hydrogens (tertiary/aromatic N) is 2. The second kappa shape index (κ2) is 7.79. The lowest BCUT2D eigenvalue weighted by molar-refractivity contribution is 0.112. The second-order valence-electron chi connectivity index (χ2n) is 4.06. The molecule has 0 N–H and O–H groups in total. The SMILES string of the molecule is COCCN(c1ccc(C=O)cn1)C(C)COC. The van der Waals surface area contributed by atoms with E-state index in [1.165, 1.54) is 0 Å². The fourth-order valence-corrected chi connectivity index (χ4v) is 1.72. The summed E-state index contributed by atoms with van der Waals surface area (Å²) in [7, 11) is 3.34. The minimum Gasteiger partial charge on any atom is -0.383 e. The lowest BCUT2D eigenvalue weighted by atomic mass is 10.2. The molecule has 1 heterocycles. The van der Waals surface area contributed by atoms with Crippen LogP contribution in [0.3, 0.4) is 0 Å². The lowest BCUT2D eigenvalue weighted by Crippen LogP contribution is -2.39. The molecule has 0 saturated heterocycles. The molecule has 5 heteroatoms. The van der Waals surface area contributed by atoms with E-state index in [9.17, 15) is 4.79 Å². The Bertz CT molecular complexity index is 354. The van der Waals surface area contributed by atoms with Gasteiger partial charge in [0, 0.05) is 32.5 Å². The molecule has 1 aromatic heterocycles. The molecule has 1 aromatic rings. The van der Waals surface area contributed by atoms with Crippen molar-refractivity contribution in [3.05, 3.63) is 23.9 Å². The number of anilines is 1. The normalized spacial score (nSPS) is 12.2. The molecule has 0 aliphatic heterocycles. The average Bonchev–Trinajstić information content (AvgIpc) is 2.40. The Morgan fingerprint density at radius 1 is 1.39 bits per heavy atom. The molecule has 100 valence electrons. The predicted molar refractivity (Wildman–Crippen MR) is 70.2 cm³/mol. The maximum Gasteiger partial charge on any atom is 0.151 e. The van der Waals surface area contributed by atoms with E-state index in [1.54, 1.807) is 26.5 Å². The number of aldehydes is 1. The van der Waals surface area contributed by atoms with Crippen molar-refractivity contribution < 1.29 is 14.3 Å². The molecule has 0 spiro atoms. The van der Waals surface area contributed by atoms with Crippen LogP contribution >= 0.6 is 0 Å². The van der Waals surface area contributed by atoms with Crippen molar-refractivity contribution in [3.63, 3.8) is 0 Å². The fourth-order valence-electron chi connectivity index (χ4n) is 1.72. The summed E-state index contributed by atoms with van der Waals surface area (Å²) < 4.78 is 10.3. The third-order valence-electron chi connectivity index (χ3n) is 2.68. The van der Waals surface area contributed by atoms with E-state index in [-0.39, 0.29) is 6.04 Å². The highest BCUT2D eigenvalue weighted by Gasteiger charge is 2.15. The Kier molecular flexibility index (Phi) is 6.32. The van der Waals surface area contributed by atoms with Crippen LogP contribution in [0.25, 0.3) is 0 Å². The van der Waals surface area contributed by atoms with Gasteiger partial charge >= 0.3 is 0 Å². The highest BCUT2D eigenvalue weighted by molar-refractivity contribution is 5.74. The van der Waals surface area contributed by atoms with Crippen LogP contribution < -0.4 is 4.90 Å². The molecular weight excluding hydrogens is 232 g/mol. The van der Waals surface area contributed by atoms with Gasteiger partial charge in [-0.25, -0.2) is 4.98 Å². The summed E-state index contributed by atoms with van der Waals surface area (Å²) in [6, 6.07) is 3.79. The first-order chi connectivity index (χ1) is 8.72. The molecule has 0 aliphatic carbocycles. The van der Waals surface area contributed by atoms with Crippen LogP contribution in [0.5, 0.6) is 0 Å². The summed E-state index contributed by atoms with van der Waals surface area (Å²) in [5.41, 5.74) is 0.574.